The molecule has 7 nitrogen and oxygen atoms in total. The molecule has 2 aliphatic heterocycles. The highest BCUT2D eigenvalue weighted by Gasteiger charge is 2.27. The molecule has 2 amide bonds. The average Bonchev–Trinajstić information content (AvgIpc) is 3.54. The number of piperidine rings is 1. The minimum atomic E-state index is -0.352. The Hall–Kier alpha value is -5.12. The van der Waals surface area contributed by atoms with E-state index in [9.17, 15) is 18.8 Å². The molecule has 1 aromatic heterocycles. The number of amides is 2. The fourth-order valence-corrected chi connectivity index (χ4v) is 7.90. The second kappa shape index (κ2) is 15.8. The van der Waals surface area contributed by atoms with Gasteiger partial charge in [-0.3, -0.25) is 19.3 Å². The van der Waals surface area contributed by atoms with Gasteiger partial charge in [-0.1, -0.05) is 48.5 Å². The molecule has 0 saturated carbocycles. The van der Waals surface area contributed by atoms with E-state index in [-0.39, 0.29) is 29.3 Å². The fourth-order valence-electron chi connectivity index (χ4n) is 6.98. The smallest absolute Gasteiger partial charge is 0.258 e. The predicted octanol–water partition coefficient (Wildman–Crippen LogP) is 8.76. The first-order chi connectivity index (χ1) is 24.9. The molecule has 0 spiro atoms. The van der Waals surface area contributed by atoms with Crippen molar-refractivity contribution in [1.82, 2.24) is 4.90 Å². The molecule has 0 bridgehead atoms. The number of nitrogens with one attached hydrogen (secondary N) is 1. The number of fused-ring (bicyclic) bond motifs is 1. The Morgan fingerprint density at radius 2 is 1.57 bits per heavy atom. The number of ether oxygens (including phenoxy) is 1. The summed E-state index contributed by atoms with van der Waals surface area (Å²) >= 11 is 1.69. The summed E-state index contributed by atoms with van der Waals surface area (Å²) in [4.78, 5) is 46.1. The summed E-state index contributed by atoms with van der Waals surface area (Å²) in [5, 5.41) is 5.11. The van der Waals surface area contributed by atoms with Crippen LogP contribution in [0.15, 0.2) is 109 Å². The first-order valence-corrected chi connectivity index (χ1v) is 18.5. The van der Waals surface area contributed by atoms with Crippen LogP contribution < -0.4 is 15.0 Å². The van der Waals surface area contributed by atoms with Crippen LogP contribution in [0.5, 0.6) is 5.75 Å². The number of anilines is 2. The van der Waals surface area contributed by atoms with Gasteiger partial charge < -0.3 is 15.0 Å². The van der Waals surface area contributed by atoms with Crippen molar-refractivity contribution in [2.75, 3.05) is 43.0 Å². The lowest BCUT2D eigenvalue weighted by atomic mass is 9.89. The third-order valence-electron chi connectivity index (χ3n) is 9.78. The Labute approximate surface area is 301 Å². The number of thiophene rings is 1. The second-order valence-corrected chi connectivity index (χ2v) is 14.1. The largest absolute Gasteiger partial charge is 0.490 e. The third-order valence-corrected chi connectivity index (χ3v) is 10.7. The summed E-state index contributed by atoms with van der Waals surface area (Å²) < 4.78 is 19.7. The van der Waals surface area contributed by atoms with Gasteiger partial charge in [-0.2, -0.15) is 0 Å². The van der Waals surface area contributed by atoms with Crippen molar-refractivity contribution in [3.05, 3.63) is 136 Å². The van der Waals surface area contributed by atoms with Crippen LogP contribution in [-0.2, 0) is 6.42 Å². The van der Waals surface area contributed by atoms with Gasteiger partial charge in [-0.05, 0) is 116 Å². The van der Waals surface area contributed by atoms with Gasteiger partial charge >= 0.3 is 0 Å². The fraction of sp³-hybridized carbons (Fsp3) is 0.262. The van der Waals surface area contributed by atoms with Gasteiger partial charge in [0.2, 0.25) is 0 Å². The Bertz CT molecular complexity index is 2000. The van der Waals surface area contributed by atoms with Crippen molar-refractivity contribution >= 4 is 40.3 Å². The highest BCUT2D eigenvalue weighted by atomic mass is 32.1. The number of ketones is 1. The lowest BCUT2D eigenvalue weighted by Crippen LogP contribution is -2.38. The van der Waals surface area contributed by atoms with E-state index in [2.05, 4.69) is 10.2 Å². The number of likely N-dealkylation sites (tertiary alicyclic amines) is 1. The molecule has 4 aromatic carbocycles. The molecule has 9 heteroatoms. The quantitative estimate of drug-likeness (QED) is 0.147. The first-order valence-electron chi connectivity index (χ1n) is 17.6. The van der Waals surface area contributed by atoms with Gasteiger partial charge in [0.15, 0.2) is 5.78 Å². The SMILES string of the molecule is O=C(Nc1ccc(C(=O)N2CCCCc3sccc32)cc1OCCN1CCC(C(=O)c2ccc(F)cc2)CC1)c1ccccc1-c1ccccc1. The molecule has 5 aromatic rings. The van der Waals surface area contributed by atoms with Crippen LogP contribution in [0.1, 0.15) is 61.6 Å². The Kier molecular flexibility index (Phi) is 10.7. The van der Waals surface area contributed by atoms with Crippen LogP contribution >= 0.6 is 11.3 Å². The molecule has 3 heterocycles. The monoisotopic (exact) mass is 701 g/mol. The van der Waals surface area contributed by atoms with Crippen molar-refractivity contribution < 1.29 is 23.5 Å². The van der Waals surface area contributed by atoms with Gasteiger partial charge in [-0.25, -0.2) is 4.39 Å². The molecule has 51 heavy (non-hydrogen) atoms. The van der Waals surface area contributed by atoms with E-state index in [1.165, 1.54) is 17.0 Å². The van der Waals surface area contributed by atoms with E-state index in [4.69, 9.17) is 4.74 Å². The molecule has 7 rings (SSSR count). The zero-order valence-corrected chi connectivity index (χ0v) is 29.2. The maximum absolute atomic E-state index is 14.0. The van der Waals surface area contributed by atoms with Crippen LogP contribution in [0.4, 0.5) is 15.8 Å². The Balaban J connectivity index is 1.07. The van der Waals surface area contributed by atoms with E-state index in [0.717, 1.165) is 49.2 Å². The van der Waals surface area contributed by atoms with Crippen molar-refractivity contribution in [3.63, 3.8) is 0 Å². The van der Waals surface area contributed by atoms with Gasteiger partial charge in [0.25, 0.3) is 11.8 Å². The number of carbonyl (C=O) groups is 3. The molecule has 260 valence electrons. The minimum Gasteiger partial charge on any atom is -0.490 e. The van der Waals surface area contributed by atoms with Crippen LogP contribution in [0.2, 0.25) is 0 Å². The summed E-state index contributed by atoms with van der Waals surface area (Å²) in [7, 11) is 0. The van der Waals surface area contributed by atoms with Crippen LogP contribution in [0.3, 0.4) is 0 Å². The van der Waals surface area contributed by atoms with E-state index < -0.39 is 0 Å². The molecular weight excluding hydrogens is 662 g/mol. The van der Waals surface area contributed by atoms with E-state index in [0.29, 0.717) is 60.7 Å². The number of rotatable bonds is 10. The number of Topliss-reactive ketones (excluding diaryl/α,β-unsaturated/α-hetero) is 1. The average molecular weight is 702 g/mol. The van der Waals surface area contributed by atoms with Crippen molar-refractivity contribution in [2.45, 2.75) is 32.1 Å². The summed E-state index contributed by atoms with van der Waals surface area (Å²) in [6, 6.07) is 30.3. The Morgan fingerprint density at radius 1 is 0.824 bits per heavy atom. The van der Waals surface area contributed by atoms with Gasteiger partial charge in [-0.15, -0.1) is 11.3 Å². The molecule has 0 unspecified atom stereocenters. The summed E-state index contributed by atoms with van der Waals surface area (Å²) in [6.07, 6.45) is 4.36. The first kappa shape index (κ1) is 34.3. The molecule has 0 aliphatic carbocycles. The highest BCUT2D eigenvalue weighted by molar-refractivity contribution is 7.10. The topological polar surface area (TPSA) is 79.0 Å². The van der Waals surface area contributed by atoms with Gasteiger partial charge in [0, 0.05) is 40.6 Å². The molecule has 0 radical (unpaired) electrons. The molecule has 2 aliphatic rings. The zero-order valence-electron chi connectivity index (χ0n) is 28.4. The van der Waals surface area contributed by atoms with Crippen LogP contribution in [-0.4, -0.2) is 55.3 Å². The van der Waals surface area contributed by atoms with Crippen molar-refractivity contribution in [3.8, 4) is 16.9 Å². The summed E-state index contributed by atoms with van der Waals surface area (Å²) in [5.41, 5.74) is 4.78. The Morgan fingerprint density at radius 3 is 2.37 bits per heavy atom. The number of carbonyl (C=O) groups excluding carboxylic acids is 3. The number of nitrogens with zero attached hydrogens (tertiary/aromatic N) is 2. The molecule has 1 N–H and O–H groups in total. The molecule has 1 fully saturated rings. The third kappa shape index (κ3) is 7.95. The van der Waals surface area contributed by atoms with Crippen LogP contribution in [0, 0.1) is 11.7 Å². The lowest BCUT2D eigenvalue weighted by molar-refractivity contribution is 0.0826. The minimum absolute atomic E-state index is 0.0561. The normalized spacial score (nSPS) is 15.1. The zero-order chi connectivity index (χ0) is 35.2. The summed E-state index contributed by atoms with van der Waals surface area (Å²) in [6.45, 7) is 3.06. The molecule has 1 saturated heterocycles. The van der Waals surface area contributed by atoms with Crippen molar-refractivity contribution in [1.29, 1.82) is 0 Å². The summed E-state index contributed by atoms with van der Waals surface area (Å²) in [5.74, 6) is -0.342. The van der Waals surface area contributed by atoms with E-state index in [1.807, 2.05) is 64.9 Å². The maximum atomic E-state index is 14.0. The van der Waals surface area contributed by atoms with E-state index >= 15 is 0 Å². The number of benzene rings is 4. The number of hydrogen-bond acceptors (Lipinski definition) is 6. The van der Waals surface area contributed by atoms with E-state index in [1.54, 1.807) is 47.7 Å². The second-order valence-electron chi connectivity index (χ2n) is 13.1. The van der Waals surface area contributed by atoms with Gasteiger partial charge in [0.05, 0.1) is 11.4 Å². The van der Waals surface area contributed by atoms with Crippen molar-refractivity contribution in [2.24, 2.45) is 5.92 Å². The highest BCUT2D eigenvalue weighted by Crippen LogP contribution is 2.34. The lowest BCUT2D eigenvalue weighted by Gasteiger charge is -2.31. The molecule has 0 atom stereocenters. The maximum Gasteiger partial charge on any atom is 0.258 e. The van der Waals surface area contributed by atoms with Gasteiger partial charge in [0.1, 0.15) is 18.2 Å². The number of hydrogen-bond donors (Lipinski definition) is 1. The number of aryl methyl sites for hydroxylation is 1. The standard InChI is InChI=1S/C42H40FN3O4S/c43-33-16-13-30(14-17-33)40(47)31-19-23-45(24-20-31)25-26-50-38-28-32(42(49)46-22-7-6-12-39-37(46)21-27-51-39)15-18-36(38)44-41(48)35-11-5-4-10-34(35)29-8-2-1-3-9-29/h1-5,8-11,13-18,21,27-28,31H,6-7,12,19-20,22-26H2,(H,44,48). The predicted molar refractivity (Wildman–Crippen MR) is 201 cm³/mol. The molecular formula is C42H40FN3O4S. The van der Waals surface area contributed by atoms with Crippen LogP contribution in [0.25, 0.3) is 11.1 Å². The number of halogens is 1.